The summed E-state index contributed by atoms with van der Waals surface area (Å²) in [5, 5.41) is 4.46. The molecular weight excluding hydrogens is 288 g/mol. The van der Waals surface area contributed by atoms with Gasteiger partial charge in [0.2, 0.25) is 0 Å². The van der Waals surface area contributed by atoms with Crippen molar-refractivity contribution in [2.24, 2.45) is 5.10 Å². The van der Waals surface area contributed by atoms with E-state index >= 15 is 0 Å². The Morgan fingerprint density at radius 2 is 2.05 bits per heavy atom. The number of hydrogen-bond acceptors (Lipinski definition) is 3. The molecule has 0 aliphatic heterocycles. The third kappa shape index (κ3) is 5.28. The molecule has 2 rings (SSSR count). The summed E-state index contributed by atoms with van der Waals surface area (Å²) >= 11 is 5.85. The molecule has 0 atom stereocenters. The molecule has 21 heavy (non-hydrogen) atoms. The highest BCUT2D eigenvalue weighted by Gasteiger charge is 2.01. The molecule has 4 nitrogen and oxygen atoms in total. The van der Waals surface area contributed by atoms with Crippen LogP contribution in [-0.4, -0.2) is 18.7 Å². The van der Waals surface area contributed by atoms with Crippen LogP contribution in [0.3, 0.4) is 0 Å². The zero-order valence-electron chi connectivity index (χ0n) is 11.5. The number of benzene rings is 2. The van der Waals surface area contributed by atoms with Crippen LogP contribution >= 0.6 is 11.6 Å². The fraction of sp³-hybridized carbons (Fsp3) is 0.125. The van der Waals surface area contributed by atoms with Crippen LogP contribution in [0.25, 0.3) is 0 Å². The van der Waals surface area contributed by atoms with Crippen LogP contribution in [0, 0.1) is 6.92 Å². The minimum Gasteiger partial charge on any atom is -0.484 e. The Morgan fingerprint density at radius 1 is 1.29 bits per heavy atom. The number of hydrazone groups is 1. The maximum Gasteiger partial charge on any atom is 0.277 e. The quantitative estimate of drug-likeness (QED) is 0.681. The molecule has 0 fully saturated rings. The van der Waals surface area contributed by atoms with Gasteiger partial charge in [-0.15, -0.1) is 0 Å². The number of carbonyl (C=O) groups excluding carboxylic acids is 1. The van der Waals surface area contributed by atoms with Gasteiger partial charge in [-0.1, -0.05) is 41.4 Å². The van der Waals surface area contributed by atoms with Gasteiger partial charge < -0.3 is 4.74 Å². The molecule has 0 radical (unpaired) electrons. The molecule has 0 saturated carbocycles. The van der Waals surface area contributed by atoms with Gasteiger partial charge in [-0.3, -0.25) is 4.79 Å². The van der Waals surface area contributed by atoms with E-state index in [1.54, 1.807) is 12.1 Å². The van der Waals surface area contributed by atoms with E-state index in [1.165, 1.54) is 6.21 Å². The molecule has 2 aromatic carbocycles. The monoisotopic (exact) mass is 302 g/mol. The fourth-order valence-corrected chi connectivity index (χ4v) is 1.78. The van der Waals surface area contributed by atoms with Crippen LogP contribution in [0.2, 0.25) is 5.02 Å². The summed E-state index contributed by atoms with van der Waals surface area (Å²) in [5.41, 5.74) is 4.34. The number of halogens is 1. The molecule has 0 aromatic heterocycles. The lowest BCUT2D eigenvalue weighted by molar-refractivity contribution is -0.123. The molecule has 0 spiro atoms. The second kappa shape index (κ2) is 7.45. The van der Waals surface area contributed by atoms with Crippen LogP contribution in [-0.2, 0) is 4.79 Å². The molecular formula is C16H15ClN2O2. The molecule has 108 valence electrons. The number of nitrogens with zero attached hydrogens (tertiary/aromatic N) is 1. The van der Waals surface area contributed by atoms with Crippen LogP contribution < -0.4 is 10.2 Å². The molecule has 0 saturated heterocycles. The summed E-state index contributed by atoms with van der Waals surface area (Å²) in [6.07, 6.45) is 1.52. The third-order valence-corrected chi connectivity index (χ3v) is 2.88. The van der Waals surface area contributed by atoms with Crippen molar-refractivity contribution in [2.75, 3.05) is 6.61 Å². The van der Waals surface area contributed by atoms with Gasteiger partial charge in [0.05, 0.1) is 6.21 Å². The second-order valence-electron chi connectivity index (χ2n) is 4.45. The average Bonchev–Trinajstić information content (AvgIpc) is 2.47. The third-order valence-electron chi connectivity index (χ3n) is 2.64. The number of rotatable bonds is 5. The summed E-state index contributed by atoms with van der Waals surface area (Å²) in [5.74, 6) is 0.323. The van der Waals surface area contributed by atoms with Gasteiger partial charge in [0, 0.05) is 5.02 Å². The van der Waals surface area contributed by atoms with Crippen molar-refractivity contribution in [1.82, 2.24) is 5.43 Å². The number of ether oxygens (including phenoxy) is 1. The zero-order valence-corrected chi connectivity index (χ0v) is 12.3. The number of aryl methyl sites for hydroxylation is 1. The lowest BCUT2D eigenvalue weighted by Gasteiger charge is -2.05. The van der Waals surface area contributed by atoms with Gasteiger partial charge in [0.25, 0.3) is 5.91 Å². The molecule has 2 aromatic rings. The molecule has 0 bridgehead atoms. The van der Waals surface area contributed by atoms with Crippen molar-refractivity contribution < 1.29 is 9.53 Å². The SMILES string of the molecule is Cc1ccc(OCC(=O)N/N=C/c2cccc(Cl)c2)cc1. The van der Waals surface area contributed by atoms with Crippen molar-refractivity contribution >= 4 is 23.7 Å². The lowest BCUT2D eigenvalue weighted by Crippen LogP contribution is -2.24. The van der Waals surface area contributed by atoms with Gasteiger partial charge in [0.1, 0.15) is 5.75 Å². The minimum absolute atomic E-state index is 0.0874. The molecule has 1 N–H and O–H groups in total. The number of carbonyl (C=O) groups is 1. The fourth-order valence-electron chi connectivity index (χ4n) is 1.58. The van der Waals surface area contributed by atoms with Gasteiger partial charge in [-0.05, 0) is 36.8 Å². The average molecular weight is 303 g/mol. The second-order valence-corrected chi connectivity index (χ2v) is 4.89. The van der Waals surface area contributed by atoms with E-state index in [9.17, 15) is 4.79 Å². The highest BCUT2D eigenvalue weighted by molar-refractivity contribution is 6.30. The molecule has 0 aliphatic rings. The maximum absolute atomic E-state index is 11.6. The normalized spacial score (nSPS) is 10.6. The Hall–Kier alpha value is -2.33. The molecule has 1 amide bonds. The van der Waals surface area contributed by atoms with Crippen LogP contribution in [0.5, 0.6) is 5.75 Å². The van der Waals surface area contributed by atoms with Gasteiger partial charge in [0.15, 0.2) is 6.61 Å². The van der Waals surface area contributed by atoms with E-state index in [0.29, 0.717) is 10.8 Å². The van der Waals surface area contributed by atoms with E-state index in [-0.39, 0.29) is 12.5 Å². The van der Waals surface area contributed by atoms with Crippen molar-refractivity contribution in [2.45, 2.75) is 6.92 Å². The number of amides is 1. The summed E-state index contributed by atoms with van der Waals surface area (Å²) in [7, 11) is 0. The molecule has 5 heteroatoms. The number of nitrogens with one attached hydrogen (secondary N) is 1. The Kier molecular flexibility index (Phi) is 5.35. The topological polar surface area (TPSA) is 50.7 Å². The van der Waals surface area contributed by atoms with Gasteiger partial charge in [-0.25, -0.2) is 5.43 Å². The van der Waals surface area contributed by atoms with E-state index in [1.807, 2.05) is 43.3 Å². The van der Waals surface area contributed by atoms with Crippen LogP contribution in [0.1, 0.15) is 11.1 Å². The minimum atomic E-state index is -0.325. The summed E-state index contributed by atoms with van der Waals surface area (Å²) in [6, 6.07) is 14.6. The highest BCUT2D eigenvalue weighted by atomic mass is 35.5. The van der Waals surface area contributed by atoms with Crippen LogP contribution in [0.15, 0.2) is 53.6 Å². The number of hydrogen-bond donors (Lipinski definition) is 1. The first-order valence-electron chi connectivity index (χ1n) is 6.40. The Morgan fingerprint density at radius 3 is 2.76 bits per heavy atom. The summed E-state index contributed by atoms with van der Waals surface area (Å²) in [4.78, 5) is 11.6. The standard InChI is InChI=1S/C16H15ClN2O2/c1-12-5-7-15(8-6-12)21-11-16(20)19-18-10-13-3-2-4-14(17)9-13/h2-10H,11H2,1H3,(H,19,20)/b18-10+. The highest BCUT2D eigenvalue weighted by Crippen LogP contribution is 2.11. The molecule has 0 unspecified atom stereocenters. The first-order valence-corrected chi connectivity index (χ1v) is 6.78. The van der Waals surface area contributed by atoms with E-state index in [2.05, 4.69) is 10.5 Å². The Labute approximate surface area is 128 Å². The first-order chi connectivity index (χ1) is 10.1. The van der Waals surface area contributed by atoms with Crippen molar-refractivity contribution in [1.29, 1.82) is 0 Å². The molecule has 0 heterocycles. The summed E-state index contributed by atoms with van der Waals surface area (Å²) < 4.78 is 5.34. The first kappa shape index (κ1) is 15.1. The van der Waals surface area contributed by atoms with Crippen LogP contribution in [0.4, 0.5) is 0 Å². The van der Waals surface area contributed by atoms with Gasteiger partial charge in [-0.2, -0.15) is 5.10 Å². The Bertz CT molecular complexity index is 639. The Balaban J connectivity index is 1.78. The van der Waals surface area contributed by atoms with E-state index in [4.69, 9.17) is 16.3 Å². The lowest BCUT2D eigenvalue weighted by atomic mass is 10.2. The van der Waals surface area contributed by atoms with Crippen molar-refractivity contribution in [3.05, 3.63) is 64.7 Å². The summed E-state index contributed by atoms with van der Waals surface area (Å²) in [6.45, 7) is 1.90. The van der Waals surface area contributed by atoms with Crippen molar-refractivity contribution in [3.63, 3.8) is 0 Å². The smallest absolute Gasteiger partial charge is 0.277 e. The molecule has 0 aliphatic carbocycles. The van der Waals surface area contributed by atoms with Gasteiger partial charge >= 0.3 is 0 Å². The predicted molar refractivity (Wildman–Crippen MR) is 83.9 cm³/mol. The maximum atomic E-state index is 11.6. The zero-order chi connectivity index (χ0) is 15.1. The van der Waals surface area contributed by atoms with E-state index in [0.717, 1.165) is 11.1 Å². The van der Waals surface area contributed by atoms with Crippen molar-refractivity contribution in [3.8, 4) is 5.75 Å². The van der Waals surface area contributed by atoms with E-state index < -0.39 is 0 Å². The predicted octanol–water partition coefficient (Wildman–Crippen LogP) is 3.18. The largest absolute Gasteiger partial charge is 0.484 e.